The van der Waals surface area contributed by atoms with Crippen molar-refractivity contribution in [3.8, 4) is 0 Å². The van der Waals surface area contributed by atoms with E-state index in [1.807, 2.05) is 0 Å². The zero-order chi connectivity index (χ0) is 2.99. The Labute approximate surface area is 80.9 Å². The summed E-state index contributed by atoms with van der Waals surface area (Å²) < 4.78 is 0. The molecule has 4 heteroatoms. The van der Waals surface area contributed by atoms with E-state index in [1.165, 1.54) is 12.8 Å². The molecule has 0 aliphatic heterocycles. The molecule has 7 heavy (non-hydrogen) atoms. The van der Waals surface area contributed by atoms with E-state index in [2.05, 4.69) is 15.9 Å². The first-order chi connectivity index (χ1) is 1.89. The molecule has 0 radical (unpaired) electrons. The van der Waals surface area contributed by atoms with Crippen LogP contribution in [0.15, 0.2) is 0 Å². The molecule has 0 aromatic rings. The summed E-state index contributed by atoms with van der Waals surface area (Å²) in [6, 6.07) is 0. The van der Waals surface area contributed by atoms with Gasteiger partial charge in [-0.25, -0.2) is 0 Å². The Hall–Kier alpha value is 1.83. The molecule has 0 N–H and O–H groups in total. The quantitative estimate of drug-likeness (QED) is 0.281. The maximum atomic E-state index is 3.38. The molecule has 0 saturated heterocycles. The van der Waals surface area contributed by atoms with Gasteiger partial charge in [-0.3, -0.25) is 0 Å². The van der Waals surface area contributed by atoms with E-state index in [0.717, 1.165) is 4.83 Å². The Morgan fingerprint density at radius 2 is 1.29 bits per heavy atom. The SMILES string of the molecule is BrC1CC1.[Cl-].[Cl-].[Mg+2]. The van der Waals surface area contributed by atoms with E-state index >= 15 is 0 Å². The van der Waals surface area contributed by atoms with Crippen LogP contribution in [-0.2, 0) is 0 Å². The van der Waals surface area contributed by atoms with E-state index in [-0.39, 0.29) is 47.9 Å². The van der Waals surface area contributed by atoms with Gasteiger partial charge in [0.2, 0.25) is 0 Å². The van der Waals surface area contributed by atoms with Crippen LogP contribution in [0.3, 0.4) is 0 Å². The number of alkyl halides is 1. The summed E-state index contributed by atoms with van der Waals surface area (Å²) in [6.45, 7) is 0. The van der Waals surface area contributed by atoms with Gasteiger partial charge in [0.25, 0.3) is 0 Å². The summed E-state index contributed by atoms with van der Waals surface area (Å²) >= 11 is 3.38. The minimum Gasteiger partial charge on any atom is -1.00 e. The van der Waals surface area contributed by atoms with Crippen molar-refractivity contribution >= 4 is 39.0 Å². The normalized spacial score (nSPS) is 15.0. The minimum absolute atomic E-state index is 0. The van der Waals surface area contributed by atoms with Crippen LogP contribution >= 0.6 is 15.9 Å². The molecule has 0 bridgehead atoms. The molecule has 0 heterocycles. The van der Waals surface area contributed by atoms with Gasteiger partial charge in [0.1, 0.15) is 0 Å². The van der Waals surface area contributed by atoms with E-state index in [4.69, 9.17) is 0 Å². The predicted molar refractivity (Wildman–Crippen MR) is 27.7 cm³/mol. The average molecular weight is 216 g/mol. The zero-order valence-electron chi connectivity index (χ0n) is 3.83. The van der Waals surface area contributed by atoms with Gasteiger partial charge in [-0.05, 0) is 12.8 Å². The van der Waals surface area contributed by atoms with Crippen molar-refractivity contribution in [1.29, 1.82) is 0 Å². The first-order valence-electron chi connectivity index (χ1n) is 1.53. The van der Waals surface area contributed by atoms with E-state index in [1.54, 1.807) is 0 Å². The number of hydrogen-bond acceptors (Lipinski definition) is 0. The average Bonchev–Trinajstić information content (AvgIpc) is 1.75. The Bertz CT molecular complexity index is 32.1. The molecule has 1 aliphatic rings. The molecular weight excluding hydrogens is 211 g/mol. The largest absolute Gasteiger partial charge is 2.00 e. The summed E-state index contributed by atoms with van der Waals surface area (Å²) in [7, 11) is 0. The van der Waals surface area contributed by atoms with Crippen LogP contribution in [0.25, 0.3) is 0 Å². The van der Waals surface area contributed by atoms with Gasteiger partial charge < -0.3 is 24.8 Å². The summed E-state index contributed by atoms with van der Waals surface area (Å²) in [5.74, 6) is 0. The maximum absolute atomic E-state index is 3.38. The fourth-order valence-electron chi connectivity index (χ4n) is 0.0630. The van der Waals surface area contributed by atoms with Crippen molar-refractivity contribution in [2.75, 3.05) is 0 Å². The molecule has 0 atom stereocenters. The van der Waals surface area contributed by atoms with Crippen LogP contribution in [0.2, 0.25) is 0 Å². The number of halogens is 3. The Morgan fingerprint density at radius 3 is 1.29 bits per heavy atom. The molecule has 1 fully saturated rings. The first kappa shape index (κ1) is 15.9. The van der Waals surface area contributed by atoms with Crippen LogP contribution < -0.4 is 24.8 Å². The van der Waals surface area contributed by atoms with E-state index in [9.17, 15) is 0 Å². The number of hydrogen-bond donors (Lipinski definition) is 0. The van der Waals surface area contributed by atoms with E-state index in [0.29, 0.717) is 0 Å². The number of rotatable bonds is 0. The fraction of sp³-hybridized carbons (Fsp3) is 1.00. The molecule has 0 aromatic heterocycles. The Morgan fingerprint density at radius 1 is 1.14 bits per heavy atom. The molecule has 40 valence electrons. The van der Waals surface area contributed by atoms with Crippen molar-refractivity contribution in [1.82, 2.24) is 0 Å². The molecule has 0 amide bonds. The third kappa shape index (κ3) is 11.4. The molecule has 1 aliphatic carbocycles. The summed E-state index contributed by atoms with van der Waals surface area (Å²) in [5, 5.41) is 0. The standard InChI is InChI=1S/C3H5Br.2ClH.Mg/c4-3-1-2-3;;;/h3H,1-2H2;2*1H;/q;;;+2/p-2. The molecular formula is C3H5BrCl2Mg. The second-order valence-electron chi connectivity index (χ2n) is 1.17. The first-order valence-corrected chi connectivity index (χ1v) is 2.45. The van der Waals surface area contributed by atoms with Crippen LogP contribution in [0.4, 0.5) is 0 Å². The monoisotopic (exact) mass is 214 g/mol. The topological polar surface area (TPSA) is 0 Å². The smallest absolute Gasteiger partial charge is 1.00 e. The van der Waals surface area contributed by atoms with Crippen molar-refractivity contribution in [2.24, 2.45) is 0 Å². The Kier molecular flexibility index (Phi) is 17.8. The summed E-state index contributed by atoms with van der Waals surface area (Å²) in [6.07, 6.45) is 2.81. The minimum atomic E-state index is 0. The van der Waals surface area contributed by atoms with Crippen molar-refractivity contribution < 1.29 is 24.8 Å². The van der Waals surface area contributed by atoms with Gasteiger partial charge in [-0.1, -0.05) is 15.9 Å². The molecule has 0 spiro atoms. The van der Waals surface area contributed by atoms with Gasteiger partial charge in [0, 0.05) is 4.83 Å². The van der Waals surface area contributed by atoms with Crippen LogP contribution in [-0.4, -0.2) is 27.9 Å². The maximum Gasteiger partial charge on any atom is 2.00 e. The van der Waals surface area contributed by atoms with Crippen LogP contribution in [0.5, 0.6) is 0 Å². The molecule has 0 unspecified atom stereocenters. The molecule has 0 nitrogen and oxygen atoms in total. The Balaban J connectivity index is -0.0000000533. The molecule has 1 rings (SSSR count). The fourth-order valence-corrected chi connectivity index (χ4v) is 0.327. The van der Waals surface area contributed by atoms with Gasteiger partial charge in [-0.2, -0.15) is 0 Å². The second kappa shape index (κ2) is 7.83. The van der Waals surface area contributed by atoms with Crippen LogP contribution in [0.1, 0.15) is 12.8 Å². The van der Waals surface area contributed by atoms with Gasteiger partial charge >= 0.3 is 23.1 Å². The van der Waals surface area contributed by atoms with Gasteiger partial charge in [0.15, 0.2) is 0 Å². The third-order valence-electron chi connectivity index (χ3n) is 0.507. The van der Waals surface area contributed by atoms with Crippen molar-refractivity contribution in [3.05, 3.63) is 0 Å². The van der Waals surface area contributed by atoms with Crippen molar-refractivity contribution in [2.45, 2.75) is 17.7 Å². The van der Waals surface area contributed by atoms with Gasteiger partial charge in [0.05, 0.1) is 0 Å². The van der Waals surface area contributed by atoms with Crippen LogP contribution in [0, 0.1) is 0 Å². The van der Waals surface area contributed by atoms with E-state index < -0.39 is 0 Å². The molecule has 1 saturated carbocycles. The van der Waals surface area contributed by atoms with Gasteiger partial charge in [-0.15, -0.1) is 0 Å². The van der Waals surface area contributed by atoms with Crippen molar-refractivity contribution in [3.63, 3.8) is 0 Å². The predicted octanol–water partition coefficient (Wildman–Crippen LogP) is -4.83. The zero-order valence-corrected chi connectivity index (χ0v) is 8.34. The summed E-state index contributed by atoms with van der Waals surface area (Å²) in [5.41, 5.74) is 0. The second-order valence-corrected chi connectivity index (χ2v) is 2.47. The third-order valence-corrected chi connectivity index (χ3v) is 1.42. The summed E-state index contributed by atoms with van der Waals surface area (Å²) in [4.78, 5) is 0.896. The molecule has 0 aromatic carbocycles.